The number of hydrogen-bond acceptors (Lipinski definition) is 4. The number of hydrogen-bond donors (Lipinski definition) is 1. The van der Waals surface area contributed by atoms with E-state index in [9.17, 15) is 0 Å². The molecule has 3 heterocycles. The summed E-state index contributed by atoms with van der Waals surface area (Å²) < 4.78 is 2.19. The Morgan fingerprint density at radius 2 is 2.11 bits per heavy atom. The molecule has 0 saturated heterocycles. The van der Waals surface area contributed by atoms with E-state index in [1.165, 1.54) is 0 Å². The van der Waals surface area contributed by atoms with Crippen molar-refractivity contribution in [2.24, 2.45) is 0 Å². The average molecular weight is 253 g/mol. The molecular weight excluding hydrogens is 238 g/mol. The molecule has 0 spiro atoms. The van der Waals surface area contributed by atoms with Gasteiger partial charge >= 0.3 is 0 Å². The fourth-order valence-electron chi connectivity index (χ4n) is 2.23. The largest absolute Gasteiger partial charge is 0.397 e. The van der Waals surface area contributed by atoms with Crippen LogP contribution in [0, 0.1) is 0 Å². The Morgan fingerprint density at radius 3 is 2.89 bits per heavy atom. The second kappa shape index (κ2) is 4.68. The van der Waals surface area contributed by atoms with Crippen molar-refractivity contribution in [1.29, 1.82) is 0 Å². The van der Waals surface area contributed by atoms with Gasteiger partial charge in [0.25, 0.3) is 0 Å². The summed E-state index contributed by atoms with van der Waals surface area (Å²) >= 11 is 0. The third kappa shape index (κ3) is 2.03. The Kier molecular flexibility index (Phi) is 2.87. The summed E-state index contributed by atoms with van der Waals surface area (Å²) in [6.45, 7) is 3.05. The molecule has 0 aliphatic rings. The number of nitrogens with zero attached hydrogens (tertiary/aromatic N) is 4. The number of aryl methyl sites for hydroxylation is 1. The van der Waals surface area contributed by atoms with E-state index >= 15 is 0 Å². The molecule has 3 rings (SSSR count). The Balaban J connectivity index is 2.25. The zero-order valence-electron chi connectivity index (χ0n) is 10.7. The molecule has 0 aliphatic carbocycles. The molecule has 96 valence electrons. The quantitative estimate of drug-likeness (QED) is 0.778. The Morgan fingerprint density at radius 1 is 1.21 bits per heavy atom. The summed E-state index contributed by atoms with van der Waals surface area (Å²) in [5.74, 6) is 0.893. The molecule has 0 fully saturated rings. The van der Waals surface area contributed by atoms with Crippen molar-refractivity contribution in [3.05, 3.63) is 36.9 Å². The Labute approximate surface area is 111 Å². The highest BCUT2D eigenvalue weighted by Crippen LogP contribution is 2.25. The minimum absolute atomic E-state index is 0.644. The summed E-state index contributed by atoms with van der Waals surface area (Å²) in [4.78, 5) is 12.9. The molecule has 0 aliphatic heterocycles. The van der Waals surface area contributed by atoms with Crippen LogP contribution < -0.4 is 5.73 Å². The van der Waals surface area contributed by atoms with Crippen molar-refractivity contribution in [2.45, 2.75) is 19.9 Å². The monoisotopic (exact) mass is 253 g/mol. The van der Waals surface area contributed by atoms with Gasteiger partial charge in [-0.2, -0.15) is 0 Å². The third-order valence-corrected chi connectivity index (χ3v) is 3.02. The van der Waals surface area contributed by atoms with Gasteiger partial charge in [0.15, 0.2) is 0 Å². The lowest BCUT2D eigenvalue weighted by Gasteiger charge is -2.07. The fraction of sp³-hybridized carbons (Fsp3) is 0.214. The highest BCUT2D eigenvalue weighted by Gasteiger charge is 2.12. The molecule has 5 heteroatoms. The number of nitrogens with two attached hydrogens (primary N) is 1. The first-order chi connectivity index (χ1) is 9.29. The third-order valence-electron chi connectivity index (χ3n) is 3.02. The van der Waals surface area contributed by atoms with E-state index in [-0.39, 0.29) is 0 Å². The Bertz CT molecular complexity index is 717. The number of rotatable bonds is 3. The van der Waals surface area contributed by atoms with Crippen molar-refractivity contribution in [1.82, 2.24) is 19.5 Å². The van der Waals surface area contributed by atoms with Gasteiger partial charge in [0.2, 0.25) is 0 Å². The minimum Gasteiger partial charge on any atom is -0.397 e. The van der Waals surface area contributed by atoms with E-state index in [4.69, 9.17) is 5.73 Å². The minimum atomic E-state index is 0.644. The van der Waals surface area contributed by atoms with Crippen molar-refractivity contribution in [2.75, 3.05) is 5.73 Å². The lowest BCUT2D eigenvalue weighted by Crippen LogP contribution is -2.00. The fourth-order valence-corrected chi connectivity index (χ4v) is 2.23. The topological polar surface area (TPSA) is 69.6 Å². The molecule has 0 radical (unpaired) electrons. The van der Waals surface area contributed by atoms with Crippen LogP contribution in [0.3, 0.4) is 0 Å². The average Bonchev–Trinajstić information content (AvgIpc) is 2.79. The Hall–Kier alpha value is -2.43. The summed E-state index contributed by atoms with van der Waals surface area (Å²) in [6.07, 6.45) is 8.04. The smallest absolute Gasteiger partial charge is 0.142 e. The maximum atomic E-state index is 5.80. The molecule has 5 nitrogen and oxygen atoms in total. The van der Waals surface area contributed by atoms with Gasteiger partial charge in [0, 0.05) is 30.7 Å². The zero-order chi connectivity index (χ0) is 13.2. The predicted octanol–water partition coefficient (Wildman–Crippen LogP) is 2.49. The second-order valence-electron chi connectivity index (χ2n) is 4.46. The van der Waals surface area contributed by atoms with Crippen LogP contribution in [0.4, 0.5) is 5.69 Å². The molecule has 0 atom stereocenters. The molecule has 19 heavy (non-hydrogen) atoms. The summed E-state index contributed by atoms with van der Waals surface area (Å²) in [5, 5.41) is 0. The number of aromatic nitrogens is 4. The van der Waals surface area contributed by atoms with E-state index in [0.717, 1.165) is 35.4 Å². The van der Waals surface area contributed by atoms with E-state index in [1.54, 1.807) is 24.8 Å². The predicted molar refractivity (Wildman–Crippen MR) is 75.5 cm³/mol. The van der Waals surface area contributed by atoms with Crippen molar-refractivity contribution < 1.29 is 0 Å². The lowest BCUT2D eigenvalue weighted by molar-refractivity contribution is 0.704. The SMILES string of the molecule is CCCn1c(-c2cncc(N)c2)nc2cnccc21. The summed E-state index contributed by atoms with van der Waals surface area (Å²) in [6, 6.07) is 3.88. The zero-order valence-corrected chi connectivity index (χ0v) is 10.7. The van der Waals surface area contributed by atoms with Crippen molar-refractivity contribution in [3.8, 4) is 11.4 Å². The number of imidazole rings is 1. The van der Waals surface area contributed by atoms with Gasteiger partial charge in [-0.05, 0) is 18.6 Å². The van der Waals surface area contributed by atoms with E-state index < -0.39 is 0 Å². The van der Waals surface area contributed by atoms with Crippen LogP contribution >= 0.6 is 0 Å². The van der Waals surface area contributed by atoms with Crippen molar-refractivity contribution >= 4 is 16.7 Å². The van der Waals surface area contributed by atoms with Crippen LogP contribution in [-0.2, 0) is 6.54 Å². The van der Waals surface area contributed by atoms with Crippen LogP contribution in [0.15, 0.2) is 36.9 Å². The number of nitrogen functional groups attached to an aromatic ring is 1. The van der Waals surface area contributed by atoms with E-state index in [0.29, 0.717) is 5.69 Å². The highest BCUT2D eigenvalue weighted by molar-refractivity contribution is 5.80. The first-order valence-electron chi connectivity index (χ1n) is 6.30. The second-order valence-corrected chi connectivity index (χ2v) is 4.46. The van der Waals surface area contributed by atoms with Crippen LogP contribution in [-0.4, -0.2) is 19.5 Å². The standard InChI is InChI=1S/C14H15N5/c1-2-5-19-13-3-4-16-9-12(13)18-14(19)10-6-11(15)8-17-7-10/h3-4,6-9H,2,5,15H2,1H3. The van der Waals surface area contributed by atoms with Crippen LogP contribution in [0.1, 0.15) is 13.3 Å². The van der Waals surface area contributed by atoms with Gasteiger partial charge in [0.05, 0.1) is 17.4 Å². The molecule has 2 N–H and O–H groups in total. The molecule has 0 bridgehead atoms. The lowest BCUT2D eigenvalue weighted by atomic mass is 10.2. The summed E-state index contributed by atoms with van der Waals surface area (Å²) in [7, 11) is 0. The first-order valence-corrected chi connectivity index (χ1v) is 6.30. The van der Waals surface area contributed by atoms with E-state index in [1.807, 2.05) is 12.1 Å². The van der Waals surface area contributed by atoms with E-state index in [2.05, 4.69) is 26.4 Å². The molecule has 0 amide bonds. The van der Waals surface area contributed by atoms with Gasteiger partial charge < -0.3 is 10.3 Å². The number of pyridine rings is 2. The van der Waals surface area contributed by atoms with Crippen LogP contribution in [0.2, 0.25) is 0 Å². The van der Waals surface area contributed by atoms with Crippen molar-refractivity contribution in [3.63, 3.8) is 0 Å². The number of anilines is 1. The maximum Gasteiger partial charge on any atom is 0.142 e. The van der Waals surface area contributed by atoms with Gasteiger partial charge in [-0.1, -0.05) is 6.92 Å². The molecule has 3 aromatic heterocycles. The van der Waals surface area contributed by atoms with Gasteiger partial charge in [0.1, 0.15) is 11.3 Å². The molecule has 0 aromatic carbocycles. The van der Waals surface area contributed by atoms with Crippen LogP contribution in [0.25, 0.3) is 22.4 Å². The van der Waals surface area contributed by atoms with Gasteiger partial charge in [-0.15, -0.1) is 0 Å². The summed E-state index contributed by atoms with van der Waals surface area (Å²) in [5.41, 5.74) is 9.37. The first kappa shape index (κ1) is 11.6. The molecule has 0 saturated carbocycles. The normalized spacial score (nSPS) is 11.0. The maximum absolute atomic E-state index is 5.80. The molecule has 0 unspecified atom stereocenters. The molecular formula is C14H15N5. The highest BCUT2D eigenvalue weighted by atomic mass is 15.1. The van der Waals surface area contributed by atoms with Crippen LogP contribution in [0.5, 0.6) is 0 Å². The molecule has 3 aromatic rings. The van der Waals surface area contributed by atoms with Gasteiger partial charge in [-0.25, -0.2) is 4.98 Å². The van der Waals surface area contributed by atoms with Gasteiger partial charge in [-0.3, -0.25) is 9.97 Å². The number of fused-ring (bicyclic) bond motifs is 1.